The van der Waals surface area contributed by atoms with Gasteiger partial charge in [0.25, 0.3) is 0 Å². The second-order valence-electron chi connectivity index (χ2n) is 2.54. The fraction of sp³-hybridized carbons (Fsp3) is 0.333. The third-order valence-corrected chi connectivity index (χ3v) is 2.15. The predicted molar refractivity (Wildman–Crippen MR) is 55.3 cm³/mol. The van der Waals surface area contributed by atoms with Crippen molar-refractivity contribution in [2.45, 2.75) is 0 Å². The van der Waals surface area contributed by atoms with Gasteiger partial charge < -0.3 is 9.64 Å². The van der Waals surface area contributed by atoms with Gasteiger partial charge in [-0.3, -0.25) is 0 Å². The van der Waals surface area contributed by atoms with Crippen LogP contribution in [-0.2, 0) is 0 Å². The average molecular weight is 183 g/mol. The summed E-state index contributed by atoms with van der Waals surface area (Å²) in [4.78, 5) is 2.04. The Morgan fingerprint density at radius 1 is 1.33 bits per heavy atom. The van der Waals surface area contributed by atoms with Gasteiger partial charge in [-0.25, -0.2) is 0 Å². The van der Waals surface area contributed by atoms with Crippen molar-refractivity contribution in [3.05, 3.63) is 24.3 Å². The molecule has 0 bridgehead atoms. The van der Waals surface area contributed by atoms with Crippen LogP contribution in [0.1, 0.15) is 0 Å². The summed E-state index contributed by atoms with van der Waals surface area (Å²) >= 11 is 4.17. The van der Waals surface area contributed by atoms with Crippen LogP contribution in [0.5, 0.6) is 5.75 Å². The number of nitrogens with zero attached hydrogens (tertiary/aromatic N) is 1. The summed E-state index contributed by atoms with van der Waals surface area (Å²) in [7, 11) is 3.66. The summed E-state index contributed by atoms with van der Waals surface area (Å²) in [5, 5.41) is 0. The van der Waals surface area contributed by atoms with E-state index >= 15 is 0 Å². The van der Waals surface area contributed by atoms with Crippen molar-refractivity contribution in [2.24, 2.45) is 0 Å². The van der Waals surface area contributed by atoms with E-state index in [4.69, 9.17) is 4.74 Å². The molecule has 0 unspecified atom stereocenters. The van der Waals surface area contributed by atoms with Gasteiger partial charge in [0, 0.05) is 12.7 Å². The van der Waals surface area contributed by atoms with E-state index in [1.807, 2.05) is 36.2 Å². The number of anilines is 1. The number of thiol groups is 1. The molecule has 12 heavy (non-hydrogen) atoms. The lowest BCUT2D eigenvalue weighted by atomic mass is 10.3. The Labute approximate surface area is 78.6 Å². The maximum atomic E-state index is 5.04. The minimum atomic E-state index is 0.715. The van der Waals surface area contributed by atoms with E-state index in [0.29, 0.717) is 5.88 Å². The quantitative estimate of drug-likeness (QED) is 0.568. The SMILES string of the molecule is COc1ccc(N(C)CS)cc1. The van der Waals surface area contributed by atoms with Gasteiger partial charge in [-0.05, 0) is 24.3 Å². The normalized spacial score (nSPS) is 9.58. The molecule has 0 saturated carbocycles. The lowest BCUT2D eigenvalue weighted by Crippen LogP contribution is -2.13. The van der Waals surface area contributed by atoms with Crippen LogP contribution in [0.25, 0.3) is 0 Å². The smallest absolute Gasteiger partial charge is 0.119 e. The van der Waals surface area contributed by atoms with Crippen LogP contribution >= 0.6 is 12.6 Å². The summed E-state index contributed by atoms with van der Waals surface area (Å²) < 4.78 is 5.04. The highest BCUT2D eigenvalue weighted by atomic mass is 32.1. The Balaban J connectivity index is 2.77. The fourth-order valence-electron chi connectivity index (χ4n) is 0.918. The molecule has 2 nitrogen and oxygen atoms in total. The van der Waals surface area contributed by atoms with Crippen LogP contribution in [-0.4, -0.2) is 20.0 Å². The molecule has 0 saturated heterocycles. The highest BCUT2D eigenvalue weighted by molar-refractivity contribution is 7.80. The van der Waals surface area contributed by atoms with Crippen molar-refractivity contribution < 1.29 is 4.74 Å². The van der Waals surface area contributed by atoms with Crippen LogP contribution < -0.4 is 9.64 Å². The van der Waals surface area contributed by atoms with E-state index in [1.54, 1.807) is 7.11 Å². The van der Waals surface area contributed by atoms with Crippen LogP contribution in [0, 0.1) is 0 Å². The number of hydrogen-bond donors (Lipinski definition) is 1. The van der Waals surface area contributed by atoms with Crippen molar-refractivity contribution >= 4 is 18.3 Å². The van der Waals surface area contributed by atoms with Gasteiger partial charge in [0.2, 0.25) is 0 Å². The van der Waals surface area contributed by atoms with E-state index in [9.17, 15) is 0 Å². The number of hydrogen-bond acceptors (Lipinski definition) is 3. The first-order valence-electron chi connectivity index (χ1n) is 3.74. The molecular weight excluding hydrogens is 170 g/mol. The minimum absolute atomic E-state index is 0.715. The van der Waals surface area contributed by atoms with E-state index in [-0.39, 0.29) is 0 Å². The van der Waals surface area contributed by atoms with Crippen LogP contribution in [0.2, 0.25) is 0 Å². The van der Waals surface area contributed by atoms with Gasteiger partial charge in [0.05, 0.1) is 13.0 Å². The molecule has 0 aromatic heterocycles. The third kappa shape index (κ3) is 2.08. The molecule has 66 valence electrons. The topological polar surface area (TPSA) is 12.5 Å². The molecular formula is C9H13NOS. The summed E-state index contributed by atoms with van der Waals surface area (Å²) in [5.74, 6) is 1.60. The zero-order valence-electron chi connectivity index (χ0n) is 7.32. The number of benzene rings is 1. The summed E-state index contributed by atoms with van der Waals surface area (Å²) in [6.45, 7) is 0. The van der Waals surface area contributed by atoms with Crippen molar-refractivity contribution in [3.8, 4) is 5.75 Å². The second-order valence-corrected chi connectivity index (χ2v) is 2.82. The zero-order valence-corrected chi connectivity index (χ0v) is 8.21. The van der Waals surface area contributed by atoms with E-state index in [2.05, 4.69) is 12.6 Å². The molecule has 0 atom stereocenters. The molecule has 0 aliphatic heterocycles. The molecule has 0 N–H and O–H groups in total. The Hall–Kier alpha value is -0.830. The number of methoxy groups -OCH3 is 1. The van der Waals surface area contributed by atoms with E-state index < -0.39 is 0 Å². The van der Waals surface area contributed by atoms with Gasteiger partial charge in [-0.15, -0.1) is 0 Å². The van der Waals surface area contributed by atoms with Crippen molar-refractivity contribution in [1.29, 1.82) is 0 Å². The first kappa shape index (κ1) is 9.26. The van der Waals surface area contributed by atoms with Gasteiger partial charge in [0.15, 0.2) is 0 Å². The van der Waals surface area contributed by atoms with Crippen LogP contribution in [0.4, 0.5) is 5.69 Å². The zero-order chi connectivity index (χ0) is 8.97. The Bertz CT molecular complexity index is 235. The highest BCUT2D eigenvalue weighted by Crippen LogP contribution is 2.17. The monoisotopic (exact) mass is 183 g/mol. The average Bonchev–Trinajstić information content (AvgIpc) is 2.17. The first-order chi connectivity index (χ1) is 5.77. The third-order valence-electron chi connectivity index (χ3n) is 1.73. The molecule has 1 aromatic rings. The molecule has 0 heterocycles. The van der Waals surface area contributed by atoms with Crippen molar-refractivity contribution in [2.75, 3.05) is 24.9 Å². The lowest BCUT2D eigenvalue weighted by molar-refractivity contribution is 0.415. The molecule has 0 spiro atoms. The molecule has 0 amide bonds. The molecule has 1 rings (SSSR count). The predicted octanol–water partition coefficient (Wildman–Crippen LogP) is 2.02. The van der Waals surface area contributed by atoms with E-state index in [1.165, 1.54) is 0 Å². The molecule has 0 aliphatic carbocycles. The Morgan fingerprint density at radius 3 is 2.33 bits per heavy atom. The first-order valence-corrected chi connectivity index (χ1v) is 4.37. The fourth-order valence-corrected chi connectivity index (χ4v) is 1.08. The summed E-state index contributed by atoms with van der Waals surface area (Å²) in [5.41, 5.74) is 1.14. The van der Waals surface area contributed by atoms with Crippen LogP contribution in [0.3, 0.4) is 0 Å². The minimum Gasteiger partial charge on any atom is -0.497 e. The summed E-state index contributed by atoms with van der Waals surface area (Å²) in [6, 6.07) is 7.90. The molecule has 0 aliphatic rings. The van der Waals surface area contributed by atoms with Crippen LogP contribution in [0.15, 0.2) is 24.3 Å². The molecule has 1 aromatic carbocycles. The van der Waals surface area contributed by atoms with Gasteiger partial charge in [0.1, 0.15) is 5.75 Å². The second kappa shape index (κ2) is 4.26. The standard InChI is InChI=1S/C9H13NOS/c1-10(7-12)8-3-5-9(11-2)6-4-8/h3-6,12H,7H2,1-2H3. The Kier molecular flexibility index (Phi) is 3.29. The largest absolute Gasteiger partial charge is 0.497 e. The Morgan fingerprint density at radius 2 is 1.92 bits per heavy atom. The van der Waals surface area contributed by atoms with Gasteiger partial charge in [-0.1, -0.05) is 0 Å². The van der Waals surface area contributed by atoms with Gasteiger partial charge in [-0.2, -0.15) is 12.6 Å². The van der Waals surface area contributed by atoms with Crippen molar-refractivity contribution in [3.63, 3.8) is 0 Å². The van der Waals surface area contributed by atoms with Crippen molar-refractivity contribution in [1.82, 2.24) is 0 Å². The van der Waals surface area contributed by atoms with Gasteiger partial charge >= 0.3 is 0 Å². The maximum Gasteiger partial charge on any atom is 0.119 e. The summed E-state index contributed by atoms with van der Waals surface area (Å²) in [6.07, 6.45) is 0. The van der Waals surface area contributed by atoms with E-state index in [0.717, 1.165) is 11.4 Å². The highest BCUT2D eigenvalue weighted by Gasteiger charge is 1.97. The maximum absolute atomic E-state index is 5.04. The number of ether oxygens (including phenoxy) is 1. The molecule has 3 heteroatoms. The molecule has 0 radical (unpaired) electrons. The molecule has 0 fully saturated rings. The lowest BCUT2D eigenvalue weighted by Gasteiger charge is -2.15. The number of rotatable bonds is 3.